The number of alkyl halides is 2. The van der Waals surface area contributed by atoms with Gasteiger partial charge in [-0.2, -0.15) is 13.8 Å². The van der Waals surface area contributed by atoms with Crippen molar-refractivity contribution < 1.29 is 27.8 Å². The molecule has 1 amide bonds. The molecule has 3 N–H and O–H groups in total. The van der Waals surface area contributed by atoms with Crippen LogP contribution in [0.5, 0.6) is 0 Å². The summed E-state index contributed by atoms with van der Waals surface area (Å²) in [6.07, 6.45) is 5.64. The minimum Gasteiger partial charge on any atom is -0.393 e. The highest BCUT2D eigenvalue weighted by Crippen LogP contribution is 2.24. The van der Waals surface area contributed by atoms with Crippen molar-refractivity contribution in [2.45, 2.75) is 44.9 Å². The quantitative estimate of drug-likeness (QED) is 0.366. The van der Waals surface area contributed by atoms with Gasteiger partial charge in [-0.15, -0.1) is 0 Å². The molecule has 1 aliphatic carbocycles. The van der Waals surface area contributed by atoms with Gasteiger partial charge in [-0.3, -0.25) is 4.79 Å². The van der Waals surface area contributed by atoms with Crippen LogP contribution in [-0.2, 0) is 11.3 Å². The number of rotatable bonds is 10. The number of aromatic nitrogens is 2. The molecule has 1 heterocycles. The lowest BCUT2D eigenvalue weighted by Crippen LogP contribution is -2.24. The molecule has 0 spiro atoms. The second-order valence-electron chi connectivity index (χ2n) is 7.65. The summed E-state index contributed by atoms with van der Waals surface area (Å²) in [5, 5.41) is 15.2. The smallest absolute Gasteiger partial charge is 0.345 e. The van der Waals surface area contributed by atoms with Crippen LogP contribution in [0.4, 0.5) is 24.9 Å². The highest BCUT2D eigenvalue weighted by molar-refractivity contribution is 5.98. The molecule has 178 valence electrons. The summed E-state index contributed by atoms with van der Waals surface area (Å²) >= 11 is 0. The molecule has 11 heteroatoms. The zero-order valence-corrected chi connectivity index (χ0v) is 17.9. The molecule has 33 heavy (non-hydrogen) atoms. The Kier molecular flexibility index (Phi) is 9.14. The molecule has 1 aromatic heterocycles. The predicted octanol–water partition coefficient (Wildman–Crippen LogP) is 3.45. The minimum atomic E-state index is -2.87. The molecule has 0 unspecified atom stereocenters. The SMILES string of the molecule is O=C(NCc1ccc(F)cc1)c1cnc(NCCOC(F)F)nc1N=CC1CCC(O)CC1. The van der Waals surface area contributed by atoms with Crippen molar-refractivity contribution in [3.63, 3.8) is 0 Å². The molecule has 1 aromatic carbocycles. The Balaban J connectivity index is 1.70. The van der Waals surface area contributed by atoms with Gasteiger partial charge in [0, 0.05) is 25.5 Å². The van der Waals surface area contributed by atoms with Gasteiger partial charge < -0.3 is 20.5 Å². The molecule has 0 radical (unpaired) electrons. The summed E-state index contributed by atoms with van der Waals surface area (Å²) in [5.74, 6) is -0.431. The standard InChI is InChI=1S/C22H26F3N5O3/c23-16-5-1-14(2-6-16)12-28-20(32)18-13-29-22(26-9-10-33-21(24)25)30-19(18)27-11-15-3-7-17(31)8-4-15/h1-2,5-6,11,13,15,17,21,31H,3-4,7-10,12H2,(H,28,32)(H,26,29,30). The number of carbonyl (C=O) groups is 1. The molecule has 1 fully saturated rings. The number of carbonyl (C=O) groups excluding carboxylic acids is 1. The van der Waals surface area contributed by atoms with E-state index in [-0.39, 0.29) is 54.9 Å². The Morgan fingerprint density at radius 3 is 2.67 bits per heavy atom. The van der Waals surface area contributed by atoms with Crippen LogP contribution in [-0.4, -0.2) is 53.1 Å². The number of ether oxygens (including phenoxy) is 1. The minimum absolute atomic E-state index is 0.0458. The van der Waals surface area contributed by atoms with Crippen LogP contribution in [0.25, 0.3) is 0 Å². The lowest BCUT2D eigenvalue weighted by molar-refractivity contribution is -0.125. The van der Waals surface area contributed by atoms with Crippen LogP contribution in [0, 0.1) is 11.7 Å². The summed E-state index contributed by atoms with van der Waals surface area (Å²) < 4.78 is 41.5. The van der Waals surface area contributed by atoms with E-state index in [0.717, 1.165) is 12.8 Å². The summed E-state index contributed by atoms with van der Waals surface area (Å²) in [6, 6.07) is 5.74. The van der Waals surface area contributed by atoms with Gasteiger partial charge in [-0.05, 0) is 49.3 Å². The number of anilines is 1. The third-order valence-electron chi connectivity index (χ3n) is 5.16. The lowest BCUT2D eigenvalue weighted by Gasteiger charge is -2.22. The Bertz CT molecular complexity index is 935. The fourth-order valence-electron chi connectivity index (χ4n) is 3.33. The Morgan fingerprint density at radius 2 is 1.97 bits per heavy atom. The Morgan fingerprint density at radius 1 is 1.24 bits per heavy atom. The van der Waals surface area contributed by atoms with Crippen molar-refractivity contribution in [2.75, 3.05) is 18.5 Å². The molecule has 2 aromatic rings. The predicted molar refractivity (Wildman–Crippen MR) is 116 cm³/mol. The van der Waals surface area contributed by atoms with Gasteiger partial charge in [0.25, 0.3) is 5.91 Å². The number of amides is 1. The van der Waals surface area contributed by atoms with E-state index in [2.05, 4.69) is 30.3 Å². The fraction of sp³-hybridized carbons (Fsp3) is 0.455. The van der Waals surface area contributed by atoms with Crippen LogP contribution >= 0.6 is 0 Å². The van der Waals surface area contributed by atoms with E-state index in [1.54, 1.807) is 18.3 Å². The van der Waals surface area contributed by atoms with Gasteiger partial charge in [-0.1, -0.05) is 12.1 Å². The Hall–Kier alpha value is -3.05. The van der Waals surface area contributed by atoms with E-state index in [9.17, 15) is 23.1 Å². The molecule has 0 aliphatic heterocycles. The molecule has 0 atom stereocenters. The number of nitrogens with zero attached hydrogens (tertiary/aromatic N) is 3. The number of benzene rings is 1. The molecule has 0 bridgehead atoms. The van der Waals surface area contributed by atoms with Crippen molar-refractivity contribution in [1.82, 2.24) is 15.3 Å². The molecule has 1 aliphatic rings. The van der Waals surface area contributed by atoms with Gasteiger partial charge in [-0.25, -0.2) is 14.4 Å². The van der Waals surface area contributed by atoms with E-state index < -0.39 is 12.5 Å². The second-order valence-corrected chi connectivity index (χ2v) is 7.65. The van der Waals surface area contributed by atoms with Gasteiger partial charge >= 0.3 is 6.61 Å². The highest BCUT2D eigenvalue weighted by Gasteiger charge is 2.19. The first-order chi connectivity index (χ1) is 15.9. The van der Waals surface area contributed by atoms with E-state index >= 15 is 0 Å². The summed E-state index contributed by atoms with van der Waals surface area (Å²) in [7, 11) is 0. The zero-order chi connectivity index (χ0) is 23.6. The van der Waals surface area contributed by atoms with Gasteiger partial charge in [0.05, 0.1) is 12.7 Å². The third-order valence-corrected chi connectivity index (χ3v) is 5.16. The van der Waals surface area contributed by atoms with Crippen molar-refractivity contribution in [2.24, 2.45) is 10.9 Å². The van der Waals surface area contributed by atoms with Crippen molar-refractivity contribution in [3.8, 4) is 0 Å². The van der Waals surface area contributed by atoms with E-state index in [4.69, 9.17) is 0 Å². The third kappa shape index (κ3) is 8.10. The van der Waals surface area contributed by atoms with Crippen LogP contribution in [0.3, 0.4) is 0 Å². The first-order valence-corrected chi connectivity index (χ1v) is 10.7. The van der Waals surface area contributed by atoms with Gasteiger partial charge in [0.15, 0.2) is 5.82 Å². The molecular formula is C22H26F3N5O3. The molecule has 0 saturated heterocycles. The van der Waals surface area contributed by atoms with E-state index in [0.29, 0.717) is 18.4 Å². The number of halogens is 3. The monoisotopic (exact) mass is 465 g/mol. The maximum atomic E-state index is 13.1. The molecule has 8 nitrogen and oxygen atoms in total. The molecular weight excluding hydrogens is 439 g/mol. The largest absolute Gasteiger partial charge is 0.393 e. The maximum Gasteiger partial charge on any atom is 0.345 e. The number of aliphatic hydroxyl groups is 1. The number of hydrogen-bond acceptors (Lipinski definition) is 7. The molecule has 3 rings (SSSR count). The molecule has 1 saturated carbocycles. The Labute approximate surface area is 189 Å². The van der Waals surface area contributed by atoms with Crippen molar-refractivity contribution in [3.05, 3.63) is 47.4 Å². The van der Waals surface area contributed by atoms with E-state index in [1.165, 1.54) is 18.3 Å². The van der Waals surface area contributed by atoms with Gasteiger partial charge in [0.2, 0.25) is 5.95 Å². The zero-order valence-electron chi connectivity index (χ0n) is 17.9. The van der Waals surface area contributed by atoms with Crippen molar-refractivity contribution in [1.29, 1.82) is 0 Å². The number of hydrogen-bond donors (Lipinski definition) is 3. The average Bonchev–Trinajstić information content (AvgIpc) is 2.81. The number of aliphatic imine (C=N–C) groups is 1. The number of aliphatic hydroxyl groups excluding tert-OH is 1. The van der Waals surface area contributed by atoms with Crippen molar-refractivity contribution >= 4 is 23.9 Å². The van der Waals surface area contributed by atoms with Crippen LogP contribution in [0.2, 0.25) is 0 Å². The van der Waals surface area contributed by atoms with Gasteiger partial charge in [0.1, 0.15) is 11.4 Å². The first kappa shape index (κ1) is 24.6. The maximum absolute atomic E-state index is 13.1. The second kappa shape index (κ2) is 12.3. The first-order valence-electron chi connectivity index (χ1n) is 10.7. The average molecular weight is 465 g/mol. The van der Waals surface area contributed by atoms with Crippen LogP contribution in [0.15, 0.2) is 35.5 Å². The summed E-state index contributed by atoms with van der Waals surface area (Å²) in [4.78, 5) is 25.5. The topological polar surface area (TPSA) is 109 Å². The number of nitrogens with one attached hydrogen (secondary N) is 2. The summed E-state index contributed by atoms with van der Waals surface area (Å²) in [5.41, 5.74) is 0.854. The van der Waals surface area contributed by atoms with Crippen LogP contribution in [0.1, 0.15) is 41.6 Å². The lowest BCUT2D eigenvalue weighted by atomic mass is 9.88. The van der Waals surface area contributed by atoms with Crippen LogP contribution < -0.4 is 10.6 Å². The fourth-order valence-corrected chi connectivity index (χ4v) is 3.33. The normalized spacial score (nSPS) is 18.6. The summed E-state index contributed by atoms with van der Waals surface area (Å²) in [6.45, 7) is -2.89. The van der Waals surface area contributed by atoms with E-state index in [1.807, 2.05) is 0 Å². The highest BCUT2D eigenvalue weighted by atomic mass is 19.3.